The van der Waals surface area contributed by atoms with Crippen molar-refractivity contribution in [2.75, 3.05) is 20.3 Å². The topological polar surface area (TPSA) is 91.5 Å². The number of rotatable bonds is 8. The summed E-state index contributed by atoms with van der Waals surface area (Å²) in [6, 6.07) is 13.1. The van der Waals surface area contributed by atoms with Crippen molar-refractivity contribution >= 4 is 32.7 Å². The van der Waals surface area contributed by atoms with Crippen LogP contribution >= 0.6 is 0 Å². The van der Waals surface area contributed by atoms with Gasteiger partial charge in [-0.2, -0.15) is 0 Å². The summed E-state index contributed by atoms with van der Waals surface area (Å²) in [5.74, 6) is 1.95. The van der Waals surface area contributed by atoms with Crippen molar-refractivity contribution in [1.82, 2.24) is 3.97 Å². The molecule has 3 aromatic rings. The highest BCUT2D eigenvalue weighted by Gasteiger charge is 2.33. The molecule has 1 aliphatic rings. The molecule has 36 heavy (non-hydrogen) atoms. The molecule has 192 valence electrons. The lowest BCUT2D eigenvalue weighted by molar-refractivity contribution is 0.276. The zero-order chi connectivity index (χ0) is 25.9. The number of nitrogens with zero attached hydrogens (tertiary/aromatic N) is 3. The van der Waals surface area contributed by atoms with Crippen molar-refractivity contribution in [1.29, 1.82) is 0 Å². The summed E-state index contributed by atoms with van der Waals surface area (Å²) in [5, 5.41) is 0.767. The third-order valence-corrected chi connectivity index (χ3v) is 7.76. The van der Waals surface area contributed by atoms with Crippen LogP contribution in [0.1, 0.15) is 33.3 Å². The summed E-state index contributed by atoms with van der Waals surface area (Å²) in [5.41, 5.74) is 1.36. The molecule has 0 radical (unpaired) electrons. The van der Waals surface area contributed by atoms with E-state index in [0.717, 1.165) is 10.9 Å². The Balaban J connectivity index is 1.83. The van der Waals surface area contributed by atoms with E-state index < -0.39 is 16.1 Å². The summed E-state index contributed by atoms with van der Waals surface area (Å²) < 4.78 is 45.7. The Morgan fingerprint density at radius 3 is 2.31 bits per heavy atom. The Morgan fingerprint density at radius 1 is 0.972 bits per heavy atom. The van der Waals surface area contributed by atoms with Crippen LogP contribution in [-0.2, 0) is 25.9 Å². The van der Waals surface area contributed by atoms with Crippen molar-refractivity contribution in [2.24, 2.45) is 15.9 Å². The van der Waals surface area contributed by atoms with Gasteiger partial charge < -0.3 is 14.2 Å². The molecule has 0 aliphatic carbocycles. The van der Waals surface area contributed by atoms with E-state index in [0.29, 0.717) is 42.7 Å². The van der Waals surface area contributed by atoms with Crippen LogP contribution in [0.15, 0.2) is 69.6 Å². The molecule has 0 unspecified atom stereocenters. The average Bonchev–Trinajstić information content (AvgIpc) is 3.24. The van der Waals surface area contributed by atoms with Crippen molar-refractivity contribution in [2.45, 2.75) is 51.1 Å². The highest BCUT2D eigenvalue weighted by molar-refractivity contribution is 7.90. The van der Waals surface area contributed by atoms with Crippen LogP contribution in [0.4, 0.5) is 0 Å². The van der Waals surface area contributed by atoms with Crippen LogP contribution in [0, 0.1) is 5.92 Å². The number of hydrogen-bond acceptors (Lipinski definition) is 7. The highest BCUT2D eigenvalue weighted by atomic mass is 32.2. The molecular weight excluding hydrogens is 478 g/mol. The van der Waals surface area contributed by atoms with Gasteiger partial charge in [-0.3, -0.25) is 0 Å². The molecule has 2 heterocycles. The summed E-state index contributed by atoms with van der Waals surface area (Å²) in [7, 11) is -2.23. The number of aliphatic imine (C=N–C) groups is 2. The van der Waals surface area contributed by atoms with Gasteiger partial charge in [-0.05, 0) is 55.7 Å². The maximum Gasteiger partial charge on any atom is 0.268 e. The van der Waals surface area contributed by atoms with Crippen LogP contribution in [0.5, 0.6) is 5.75 Å². The van der Waals surface area contributed by atoms with Crippen LogP contribution in [0.25, 0.3) is 10.9 Å². The van der Waals surface area contributed by atoms with E-state index in [-0.39, 0.29) is 16.9 Å². The molecule has 2 atom stereocenters. The van der Waals surface area contributed by atoms with Crippen molar-refractivity contribution in [3.8, 4) is 5.75 Å². The molecule has 8 nitrogen and oxygen atoms in total. The predicted molar refractivity (Wildman–Crippen MR) is 142 cm³/mol. The van der Waals surface area contributed by atoms with Gasteiger partial charge in [0.25, 0.3) is 10.0 Å². The summed E-state index contributed by atoms with van der Waals surface area (Å²) in [4.78, 5) is 9.97. The highest BCUT2D eigenvalue weighted by Crippen LogP contribution is 2.31. The molecule has 0 spiro atoms. The number of methoxy groups -OCH3 is 1. The molecule has 0 bridgehead atoms. The lowest BCUT2D eigenvalue weighted by Crippen LogP contribution is -2.39. The van der Waals surface area contributed by atoms with E-state index in [9.17, 15) is 8.42 Å². The number of benzene rings is 2. The third kappa shape index (κ3) is 4.97. The maximum absolute atomic E-state index is 13.6. The molecule has 1 aliphatic heterocycles. The standard InChI is InChI=1S/C27H33N3O5S/c1-6-34-26-23(28-27(35-7-2)25(29-26)18(3)4)15-19-17-30(24-14-13-20(33-5)16-22(19)24)36(31,32)21-11-9-8-10-12-21/h8-14,16-18,23,25H,6-7,15H2,1-5H3/t23-,25+/m1/s1. The predicted octanol–water partition coefficient (Wildman–Crippen LogP) is 4.71. The Labute approximate surface area is 212 Å². The van der Waals surface area contributed by atoms with E-state index in [1.54, 1.807) is 55.8 Å². The van der Waals surface area contributed by atoms with E-state index in [1.807, 2.05) is 19.9 Å². The number of aromatic nitrogens is 1. The van der Waals surface area contributed by atoms with Crippen LogP contribution in [-0.4, -0.2) is 56.6 Å². The minimum absolute atomic E-state index is 0.189. The molecule has 0 saturated carbocycles. The van der Waals surface area contributed by atoms with Gasteiger partial charge in [0.1, 0.15) is 17.8 Å². The second-order valence-electron chi connectivity index (χ2n) is 8.86. The van der Waals surface area contributed by atoms with E-state index in [4.69, 9.17) is 24.2 Å². The van der Waals surface area contributed by atoms with Gasteiger partial charge in [-0.1, -0.05) is 32.0 Å². The van der Waals surface area contributed by atoms with Crippen molar-refractivity contribution < 1.29 is 22.6 Å². The SMILES string of the molecule is CCOC1=N[C@H](Cc2cn(S(=O)(=O)c3ccccc3)c3ccc(OC)cc23)C(OCC)=N[C@H]1C(C)C. The normalized spacial score (nSPS) is 18.2. The first kappa shape index (κ1) is 25.8. The lowest BCUT2D eigenvalue weighted by Gasteiger charge is -2.28. The molecule has 0 N–H and O–H groups in total. The molecule has 0 saturated heterocycles. The maximum atomic E-state index is 13.6. The van der Waals surface area contributed by atoms with Gasteiger partial charge in [-0.25, -0.2) is 22.4 Å². The van der Waals surface area contributed by atoms with Gasteiger partial charge in [0.2, 0.25) is 11.8 Å². The quantitative estimate of drug-likeness (QED) is 0.437. The zero-order valence-corrected chi connectivity index (χ0v) is 22.2. The fourth-order valence-corrected chi connectivity index (χ4v) is 5.74. The Morgan fingerprint density at radius 2 is 1.67 bits per heavy atom. The van der Waals surface area contributed by atoms with Gasteiger partial charge in [0.15, 0.2) is 0 Å². The van der Waals surface area contributed by atoms with Gasteiger partial charge in [-0.15, -0.1) is 0 Å². The summed E-state index contributed by atoms with van der Waals surface area (Å²) in [6.07, 6.45) is 2.06. The average molecular weight is 512 g/mol. The van der Waals surface area contributed by atoms with E-state index in [2.05, 4.69) is 13.8 Å². The number of fused-ring (bicyclic) bond motifs is 1. The monoisotopic (exact) mass is 511 g/mol. The Bertz CT molecular complexity index is 1380. The molecule has 0 fully saturated rings. The smallest absolute Gasteiger partial charge is 0.268 e. The molecule has 9 heteroatoms. The second kappa shape index (κ2) is 10.7. The van der Waals surface area contributed by atoms with Crippen molar-refractivity contribution in [3.63, 3.8) is 0 Å². The first-order valence-electron chi connectivity index (χ1n) is 12.2. The molecule has 0 amide bonds. The summed E-state index contributed by atoms with van der Waals surface area (Å²) >= 11 is 0. The largest absolute Gasteiger partial charge is 0.497 e. The fourth-order valence-electron chi connectivity index (χ4n) is 4.33. The van der Waals surface area contributed by atoms with Gasteiger partial charge in [0, 0.05) is 18.0 Å². The third-order valence-electron chi connectivity index (χ3n) is 6.08. The summed E-state index contributed by atoms with van der Waals surface area (Å²) in [6.45, 7) is 8.92. The first-order valence-corrected chi connectivity index (χ1v) is 13.6. The Hall–Kier alpha value is -3.33. The lowest BCUT2D eigenvalue weighted by atomic mass is 10.00. The fraction of sp³-hybridized carbons (Fsp3) is 0.407. The van der Waals surface area contributed by atoms with Crippen molar-refractivity contribution in [3.05, 3.63) is 60.3 Å². The van der Waals surface area contributed by atoms with Gasteiger partial charge in [0.05, 0.1) is 30.7 Å². The number of hydrogen-bond donors (Lipinski definition) is 0. The molecular formula is C27H33N3O5S. The molecule has 1 aromatic heterocycles. The number of ether oxygens (including phenoxy) is 3. The van der Waals surface area contributed by atoms with Crippen LogP contribution < -0.4 is 4.74 Å². The first-order chi connectivity index (χ1) is 17.3. The molecule has 2 aromatic carbocycles. The Kier molecular flexibility index (Phi) is 7.68. The second-order valence-corrected chi connectivity index (χ2v) is 10.7. The minimum atomic E-state index is -3.81. The van der Waals surface area contributed by atoms with E-state index in [1.165, 1.54) is 3.97 Å². The molecule has 4 rings (SSSR count). The van der Waals surface area contributed by atoms with Crippen LogP contribution in [0.2, 0.25) is 0 Å². The van der Waals surface area contributed by atoms with Crippen LogP contribution in [0.3, 0.4) is 0 Å². The van der Waals surface area contributed by atoms with Gasteiger partial charge >= 0.3 is 0 Å². The zero-order valence-electron chi connectivity index (χ0n) is 21.3. The van der Waals surface area contributed by atoms with E-state index >= 15 is 0 Å². The minimum Gasteiger partial charge on any atom is -0.497 e.